The van der Waals surface area contributed by atoms with Gasteiger partial charge in [-0.25, -0.2) is 25.2 Å². The van der Waals surface area contributed by atoms with E-state index in [1.165, 1.54) is 32.4 Å². The lowest BCUT2D eigenvalue weighted by atomic mass is 10.1. The number of methoxy groups -OCH3 is 1. The molecule has 0 aliphatic heterocycles. The van der Waals surface area contributed by atoms with Crippen molar-refractivity contribution in [2.75, 3.05) is 44.2 Å². The normalized spacial score (nSPS) is 13.4. The van der Waals surface area contributed by atoms with Crippen molar-refractivity contribution in [2.24, 2.45) is 20.5 Å². The summed E-state index contributed by atoms with van der Waals surface area (Å²) in [7, 11) is -26.9. The van der Waals surface area contributed by atoms with Gasteiger partial charge >= 0.3 is 20.8 Å². The largest absolute Gasteiger partial charge is 0.505 e. The van der Waals surface area contributed by atoms with E-state index in [-0.39, 0.29) is 33.6 Å². The molecule has 0 saturated carbocycles. The van der Waals surface area contributed by atoms with Gasteiger partial charge in [-0.3, -0.25) is 18.2 Å². The lowest BCUT2D eigenvalue weighted by molar-refractivity contribution is 0.282. The summed E-state index contributed by atoms with van der Waals surface area (Å²) in [6, 6.07) is 8.37. The van der Waals surface area contributed by atoms with E-state index < -0.39 is 122 Å². The van der Waals surface area contributed by atoms with E-state index in [9.17, 15) is 64.7 Å². The summed E-state index contributed by atoms with van der Waals surface area (Å²) in [5.74, 6) is -3.05. The smallest absolute Gasteiger partial charge is 0.397 e. The highest BCUT2D eigenvalue weighted by Crippen LogP contribution is 2.47. The van der Waals surface area contributed by atoms with Crippen LogP contribution in [0.4, 0.5) is 28.4 Å². The van der Waals surface area contributed by atoms with Crippen LogP contribution in [0, 0.1) is 0 Å². The number of fused-ring (bicyclic) bond motifs is 1. The molecular weight excluding hydrogens is 919 g/mol. The Kier molecular flexibility index (Phi) is 13.8. The van der Waals surface area contributed by atoms with Crippen LogP contribution in [0.5, 0.6) is 11.5 Å². The van der Waals surface area contributed by atoms with Gasteiger partial charge in [-0.15, -0.1) is 20.5 Å². The number of phenols is 1. The highest BCUT2D eigenvalue weighted by molar-refractivity contribution is 7.92. The highest BCUT2D eigenvalue weighted by Gasteiger charge is 2.27. The van der Waals surface area contributed by atoms with Gasteiger partial charge < -0.3 is 15.2 Å². The molecule has 4 aromatic carbocycles. The van der Waals surface area contributed by atoms with Crippen molar-refractivity contribution >= 4 is 99.9 Å². The van der Waals surface area contributed by atoms with Crippen LogP contribution in [0.2, 0.25) is 0 Å². The zero-order valence-corrected chi connectivity index (χ0v) is 34.5. The first-order valence-corrected chi connectivity index (χ1v) is 24.3. The monoisotopic (exact) mass is 947 g/mol. The van der Waals surface area contributed by atoms with Gasteiger partial charge in [-0.1, -0.05) is 0 Å². The zero-order chi connectivity index (χ0) is 44.4. The SMILES string of the molecule is CNc1ccc2c(O)c(/N=N/c3ccc(S(=O)(=O)CCOS(=O)(=O)O)cc3S(=O)(=O)O)c(S(=O)(=O)O)cc2c1/N=N/c1cc(S(=O)(=O)CCOS(=O)(=O)O)ccc1OC. The van der Waals surface area contributed by atoms with E-state index in [0.29, 0.717) is 12.1 Å². The Morgan fingerprint density at radius 1 is 0.576 bits per heavy atom. The van der Waals surface area contributed by atoms with Gasteiger partial charge in [-0.2, -0.15) is 33.7 Å². The van der Waals surface area contributed by atoms with Crippen LogP contribution >= 0.6 is 0 Å². The Bertz CT molecular complexity index is 3070. The number of hydrogen-bond acceptors (Lipinski definition) is 21. The maximum Gasteiger partial charge on any atom is 0.397 e. The number of azo groups is 2. The Balaban J connectivity index is 1.86. The van der Waals surface area contributed by atoms with E-state index in [4.69, 9.17) is 13.8 Å². The summed E-state index contributed by atoms with van der Waals surface area (Å²) in [5, 5.41) is 28.8. The van der Waals surface area contributed by atoms with E-state index in [1.54, 1.807) is 0 Å². The number of aromatic hydroxyl groups is 1. The zero-order valence-electron chi connectivity index (χ0n) is 29.6. The molecule has 0 unspecified atom stereocenters. The van der Waals surface area contributed by atoms with Crippen LogP contribution in [0.15, 0.2) is 94.6 Å². The molecule has 59 heavy (non-hydrogen) atoms. The highest BCUT2D eigenvalue weighted by atomic mass is 32.3. The summed E-state index contributed by atoms with van der Waals surface area (Å²) < 4.78 is 195. The van der Waals surface area contributed by atoms with Crippen LogP contribution < -0.4 is 10.1 Å². The number of sulfone groups is 2. The first-order chi connectivity index (χ1) is 27.1. The molecule has 0 radical (unpaired) electrons. The topological polar surface area (TPSA) is 395 Å². The maximum absolute atomic E-state index is 12.8. The average Bonchev–Trinajstić information content (AvgIpc) is 3.11. The second-order valence-electron chi connectivity index (χ2n) is 11.3. The van der Waals surface area contributed by atoms with Crippen molar-refractivity contribution < 1.29 is 86.9 Å². The van der Waals surface area contributed by atoms with Crippen LogP contribution in [0.3, 0.4) is 0 Å². The van der Waals surface area contributed by atoms with Crippen molar-refractivity contribution in [3.8, 4) is 11.5 Å². The number of ether oxygens (including phenoxy) is 1. The molecule has 25 nitrogen and oxygen atoms in total. The minimum absolute atomic E-state index is 0.0432. The molecule has 322 valence electrons. The van der Waals surface area contributed by atoms with Crippen LogP contribution in [-0.2, 0) is 69.1 Å². The van der Waals surface area contributed by atoms with Crippen LogP contribution in [0.25, 0.3) is 10.8 Å². The Hall–Kier alpha value is -4.80. The number of phenolic OH excluding ortho intramolecular Hbond substituents is 1. The van der Waals surface area contributed by atoms with Gasteiger partial charge in [0.1, 0.15) is 38.3 Å². The van der Waals surface area contributed by atoms with Gasteiger partial charge in [0.25, 0.3) is 20.2 Å². The third-order valence-electron chi connectivity index (χ3n) is 7.51. The number of hydrogen-bond donors (Lipinski definition) is 6. The Morgan fingerprint density at radius 2 is 1.08 bits per heavy atom. The van der Waals surface area contributed by atoms with Gasteiger partial charge in [0.05, 0.1) is 47.3 Å². The minimum atomic E-state index is -5.37. The molecule has 0 aromatic heterocycles. The minimum Gasteiger partial charge on any atom is -0.505 e. The molecule has 4 rings (SSSR count). The molecule has 0 aliphatic carbocycles. The summed E-state index contributed by atoms with van der Waals surface area (Å²) in [5.41, 5.74) is -2.20. The van der Waals surface area contributed by atoms with Crippen molar-refractivity contribution in [2.45, 2.75) is 19.6 Å². The first-order valence-electron chi connectivity index (χ1n) is 15.4. The molecular formula is C28H29N5O20S6. The van der Waals surface area contributed by atoms with E-state index in [0.717, 1.165) is 24.3 Å². The third-order valence-corrected chi connectivity index (χ3v) is 13.5. The van der Waals surface area contributed by atoms with Gasteiger partial charge in [0.15, 0.2) is 25.4 Å². The number of nitrogens with one attached hydrogen (secondary N) is 1. The number of nitrogens with zero attached hydrogens (tertiary/aromatic N) is 4. The molecule has 0 amide bonds. The van der Waals surface area contributed by atoms with Crippen molar-refractivity contribution in [3.63, 3.8) is 0 Å². The predicted octanol–water partition coefficient (Wildman–Crippen LogP) is 3.11. The third kappa shape index (κ3) is 11.9. The Morgan fingerprint density at radius 3 is 1.59 bits per heavy atom. The summed E-state index contributed by atoms with van der Waals surface area (Å²) in [6.45, 7) is -2.03. The molecule has 6 N–H and O–H groups in total. The number of benzene rings is 4. The second kappa shape index (κ2) is 17.4. The molecule has 0 heterocycles. The predicted molar refractivity (Wildman–Crippen MR) is 202 cm³/mol. The fourth-order valence-corrected chi connectivity index (χ4v) is 9.25. The maximum atomic E-state index is 12.8. The summed E-state index contributed by atoms with van der Waals surface area (Å²) >= 11 is 0. The van der Waals surface area contributed by atoms with Crippen molar-refractivity contribution in [3.05, 3.63) is 54.6 Å². The molecule has 0 aliphatic rings. The van der Waals surface area contributed by atoms with Gasteiger partial charge in [-0.05, 0) is 54.6 Å². The van der Waals surface area contributed by atoms with Crippen molar-refractivity contribution in [1.82, 2.24) is 0 Å². The fourth-order valence-electron chi connectivity index (χ4n) is 4.87. The molecule has 0 spiro atoms. The van der Waals surface area contributed by atoms with Crippen molar-refractivity contribution in [1.29, 1.82) is 0 Å². The van der Waals surface area contributed by atoms with E-state index >= 15 is 0 Å². The van der Waals surface area contributed by atoms with Gasteiger partial charge in [0.2, 0.25) is 0 Å². The second-order valence-corrected chi connectivity index (χ2v) is 20.5. The van der Waals surface area contributed by atoms with E-state index in [2.05, 4.69) is 34.1 Å². The standard InChI is InChI=1S/C28H29N5O20S6/c1-29-21-7-5-18-19(26(21)32-31-22-13-16(4-8-23(22)51-2)54(35,36)11-9-52-58(45,46)47)15-25(57(42,43)44)27(28(18)34)33-30-20-6-3-17(14-24(20)56(39,40)41)55(37,38)12-10-53-59(48,49)50/h3-8,13-15,29,34H,9-12H2,1-2H3,(H,39,40,41)(H,42,43,44)(H,45,46,47)(H,48,49,50)/b32-31+,33-30+. The fraction of sp³-hybridized carbons (Fsp3) is 0.214. The Labute approximate surface area is 335 Å². The molecule has 4 aromatic rings. The van der Waals surface area contributed by atoms with Crippen LogP contribution in [-0.4, -0.2) is 113 Å². The lowest BCUT2D eigenvalue weighted by Gasteiger charge is -2.13. The molecule has 0 saturated heterocycles. The van der Waals surface area contributed by atoms with Crippen LogP contribution in [0.1, 0.15) is 0 Å². The van der Waals surface area contributed by atoms with Gasteiger partial charge in [0, 0.05) is 17.8 Å². The molecule has 0 bridgehead atoms. The molecule has 0 atom stereocenters. The summed E-state index contributed by atoms with van der Waals surface area (Å²) in [4.78, 5) is -3.60. The molecule has 0 fully saturated rings. The quantitative estimate of drug-likeness (QED) is 0.0616. The van der Waals surface area contributed by atoms with E-state index in [1.807, 2.05) is 0 Å². The lowest BCUT2D eigenvalue weighted by Crippen LogP contribution is -2.16. The number of anilines is 1. The summed E-state index contributed by atoms with van der Waals surface area (Å²) in [6.07, 6.45) is 0. The molecule has 31 heteroatoms. The average molecular weight is 948 g/mol. The first kappa shape index (κ1) is 46.9. The number of rotatable bonds is 18.